The zero-order valence-electron chi connectivity index (χ0n) is 7.86. The van der Waals surface area contributed by atoms with Gasteiger partial charge in [0.25, 0.3) is 0 Å². The molecule has 2 unspecified atom stereocenters. The van der Waals surface area contributed by atoms with Gasteiger partial charge in [-0.15, -0.1) is 0 Å². The summed E-state index contributed by atoms with van der Waals surface area (Å²) >= 11 is 0. The third-order valence-electron chi connectivity index (χ3n) is 3.18. The molecule has 0 bridgehead atoms. The molecule has 1 aromatic heterocycles. The van der Waals surface area contributed by atoms with Crippen LogP contribution in [0.5, 0.6) is 0 Å². The van der Waals surface area contributed by atoms with E-state index in [-0.39, 0.29) is 0 Å². The fourth-order valence-electron chi connectivity index (χ4n) is 2.11. The van der Waals surface area contributed by atoms with Crippen LogP contribution in [0.2, 0.25) is 0 Å². The van der Waals surface area contributed by atoms with E-state index in [2.05, 4.69) is 17.1 Å². The summed E-state index contributed by atoms with van der Waals surface area (Å²) in [5, 5.41) is 3.92. The number of aromatic nitrogens is 2. The average molecular weight is 178 g/mol. The molecule has 3 nitrogen and oxygen atoms in total. The molecule has 2 atom stereocenters. The van der Waals surface area contributed by atoms with Gasteiger partial charge in [-0.3, -0.25) is 0 Å². The minimum atomic E-state index is 0.611. The van der Waals surface area contributed by atoms with Crippen molar-refractivity contribution < 1.29 is 4.52 Å². The van der Waals surface area contributed by atoms with E-state index in [1.165, 1.54) is 19.3 Å². The van der Waals surface area contributed by atoms with Gasteiger partial charge in [-0.1, -0.05) is 12.1 Å². The van der Waals surface area contributed by atoms with E-state index in [4.69, 9.17) is 4.52 Å². The molecule has 1 aromatic rings. The van der Waals surface area contributed by atoms with Crippen LogP contribution in [0.3, 0.4) is 0 Å². The van der Waals surface area contributed by atoms with Gasteiger partial charge in [0.1, 0.15) is 0 Å². The topological polar surface area (TPSA) is 38.9 Å². The second kappa shape index (κ2) is 2.56. The minimum Gasteiger partial charge on any atom is -0.339 e. The number of hydrogen-bond acceptors (Lipinski definition) is 3. The van der Waals surface area contributed by atoms with Crippen molar-refractivity contribution in [2.24, 2.45) is 11.8 Å². The highest BCUT2D eigenvalue weighted by Gasteiger charge is 2.50. The van der Waals surface area contributed by atoms with E-state index in [0.29, 0.717) is 5.92 Å². The fraction of sp³-hybridized carbons (Fsp3) is 0.800. The van der Waals surface area contributed by atoms with Crippen LogP contribution in [-0.4, -0.2) is 10.1 Å². The number of rotatable bonds is 3. The molecule has 0 amide bonds. The van der Waals surface area contributed by atoms with Gasteiger partial charge in [0, 0.05) is 12.3 Å². The van der Waals surface area contributed by atoms with Crippen molar-refractivity contribution >= 4 is 0 Å². The van der Waals surface area contributed by atoms with Crippen molar-refractivity contribution in [2.45, 2.75) is 38.5 Å². The lowest BCUT2D eigenvalue weighted by Crippen LogP contribution is -1.87. The third kappa shape index (κ3) is 1.26. The molecule has 0 N–H and O–H groups in total. The Morgan fingerprint density at radius 3 is 2.92 bits per heavy atom. The fourth-order valence-corrected chi connectivity index (χ4v) is 2.11. The molecule has 3 rings (SSSR count). The van der Waals surface area contributed by atoms with Crippen LogP contribution in [-0.2, 0) is 6.42 Å². The highest BCUT2D eigenvalue weighted by molar-refractivity contribution is 5.11. The minimum absolute atomic E-state index is 0.611. The predicted molar refractivity (Wildman–Crippen MR) is 47.2 cm³/mol. The third-order valence-corrected chi connectivity index (χ3v) is 3.18. The van der Waals surface area contributed by atoms with Crippen LogP contribution in [0.1, 0.15) is 43.8 Å². The zero-order valence-corrected chi connectivity index (χ0v) is 7.86. The molecule has 2 fully saturated rings. The maximum absolute atomic E-state index is 5.23. The second-order valence-electron chi connectivity index (χ2n) is 4.25. The first-order chi connectivity index (χ1) is 6.38. The normalized spacial score (nSPS) is 32.1. The van der Waals surface area contributed by atoms with E-state index in [1.807, 2.05) is 0 Å². The summed E-state index contributed by atoms with van der Waals surface area (Å²) in [6, 6.07) is 0. The molecule has 70 valence electrons. The lowest BCUT2D eigenvalue weighted by molar-refractivity contribution is 0.368. The van der Waals surface area contributed by atoms with E-state index < -0.39 is 0 Å². The molecule has 0 aliphatic heterocycles. The molecular weight excluding hydrogens is 164 g/mol. The summed E-state index contributed by atoms with van der Waals surface area (Å²) in [4.78, 5) is 4.37. The quantitative estimate of drug-likeness (QED) is 0.711. The highest BCUT2D eigenvalue weighted by atomic mass is 16.5. The molecule has 3 heteroatoms. The van der Waals surface area contributed by atoms with Crippen molar-refractivity contribution in [1.82, 2.24) is 10.1 Å². The smallest absolute Gasteiger partial charge is 0.230 e. The Morgan fingerprint density at radius 1 is 1.46 bits per heavy atom. The van der Waals surface area contributed by atoms with Gasteiger partial charge in [-0.05, 0) is 31.1 Å². The number of hydrogen-bond donors (Lipinski definition) is 0. The summed E-state index contributed by atoms with van der Waals surface area (Å²) < 4.78 is 5.23. The molecule has 0 aromatic carbocycles. The lowest BCUT2D eigenvalue weighted by atomic mass is 10.2. The molecule has 0 spiro atoms. The SMILES string of the molecule is CCc1noc(C2CC2C2CC2)n1. The van der Waals surface area contributed by atoms with Gasteiger partial charge in [0.15, 0.2) is 5.82 Å². The van der Waals surface area contributed by atoms with Gasteiger partial charge in [-0.2, -0.15) is 4.98 Å². The van der Waals surface area contributed by atoms with Crippen molar-refractivity contribution in [3.63, 3.8) is 0 Å². The summed E-state index contributed by atoms with van der Waals surface area (Å²) in [6.07, 6.45) is 5.02. The molecular formula is C10H14N2O. The monoisotopic (exact) mass is 178 g/mol. The molecule has 1 heterocycles. The van der Waals surface area contributed by atoms with Crippen molar-refractivity contribution in [3.8, 4) is 0 Å². The van der Waals surface area contributed by atoms with Crippen molar-refractivity contribution in [2.75, 3.05) is 0 Å². The van der Waals surface area contributed by atoms with E-state index in [0.717, 1.165) is 30.0 Å². The molecule has 2 saturated carbocycles. The molecule has 0 radical (unpaired) electrons. The summed E-state index contributed by atoms with van der Waals surface area (Å²) in [7, 11) is 0. The van der Waals surface area contributed by atoms with Crippen molar-refractivity contribution in [3.05, 3.63) is 11.7 Å². The first-order valence-electron chi connectivity index (χ1n) is 5.21. The molecule has 2 aliphatic carbocycles. The molecule has 2 aliphatic rings. The number of aryl methyl sites for hydroxylation is 1. The largest absolute Gasteiger partial charge is 0.339 e. The van der Waals surface area contributed by atoms with Crippen molar-refractivity contribution in [1.29, 1.82) is 0 Å². The standard InChI is InChI=1S/C10H14N2O/c1-2-9-11-10(13-12-9)8-5-7(8)6-3-4-6/h6-8H,2-5H2,1H3. The molecule has 13 heavy (non-hydrogen) atoms. The van der Waals surface area contributed by atoms with Gasteiger partial charge in [-0.25, -0.2) is 0 Å². The average Bonchev–Trinajstić information content (AvgIpc) is 3.01. The predicted octanol–water partition coefficient (Wildman–Crippen LogP) is 2.15. The zero-order chi connectivity index (χ0) is 8.84. The van der Waals surface area contributed by atoms with Crippen LogP contribution in [0, 0.1) is 11.8 Å². The van der Waals surface area contributed by atoms with Crippen LogP contribution < -0.4 is 0 Å². The highest BCUT2D eigenvalue weighted by Crippen LogP contribution is 2.58. The van der Waals surface area contributed by atoms with Crippen LogP contribution in [0.4, 0.5) is 0 Å². The Hall–Kier alpha value is -0.860. The van der Waals surface area contributed by atoms with Crippen LogP contribution in [0.15, 0.2) is 4.52 Å². The van der Waals surface area contributed by atoms with E-state index >= 15 is 0 Å². The first kappa shape index (κ1) is 7.54. The Labute approximate surface area is 77.5 Å². The van der Waals surface area contributed by atoms with Gasteiger partial charge < -0.3 is 4.52 Å². The van der Waals surface area contributed by atoms with Crippen LogP contribution >= 0.6 is 0 Å². The maximum atomic E-state index is 5.23. The number of nitrogens with zero attached hydrogens (tertiary/aromatic N) is 2. The van der Waals surface area contributed by atoms with Gasteiger partial charge >= 0.3 is 0 Å². The summed E-state index contributed by atoms with van der Waals surface area (Å²) in [5.74, 6) is 4.23. The van der Waals surface area contributed by atoms with Gasteiger partial charge in [0.2, 0.25) is 5.89 Å². The van der Waals surface area contributed by atoms with E-state index in [1.54, 1.807) is 0 Å². The van der Waals surface area contributed by atoms with Crippen LogP contribution in [0.25, 0.3) is 0 Å². The summed E-state index contributed by atoms with van der Waals surface area (Å²) in [5.41, 5.74) is 0. The Bertz CT molecular complexity index is 316. The second-order valence-corrected chi connectivity index (χ2v) is 4.25. The maximum Gasteiger partial charge on any atom is 0.230 e. The molecule has 0 saturated heterocycles. The van der Waals surface area contributed by atoms with Gasteiger partial charge in [0.05, 0.1) is 0 Å². The lowest BCUT2D eigenvalue weighted by Gasteiger charge is -1.88. The Balaban J connectivity index is 1.71. The summed E-state index contributed by atoms with van der Waals surface area (Å²) in [6.45, 7) is 2.06. The van der Waals surface area contributed by atoms with E-state index in [9.17, 15) is 0 Å². The Kier molecular flexibility index (Phi) is 1.49. The Morgan fingerprint density at radius 2 is 2.31 bits per heavy atom. The first-order valence-corrected chi connectivity index (χ1v) is 5.21.